The molecule has 2 aromatic rings. The second-order valence-corrected chi connectivity index (χ2v) is 7.30. The molecule has 0 radical (unpaired) electrons. The molecule has 0 bridgehead atoms. The Balaban J connectivity index is 1.88. The Morgan fingerprint density at radius 2 is 2.13 bits per heavy atom. The average Bonchev–Trinajstić information content (AvgIpc) is 2.74. The molecule has 1 fully saturated rings. The molecule has 0 spiro atoms. The summed E-state index contributed by atoms with van der Waals surface area (Å²) in [5.74, 6) is 0. The molecular weight excluding hydrogens is 393 g/mol. The van der Waals surface area contributed by atoms with Crippen LogP contribution in [0.2, 0.25) is 0 Å². The van der Waals surface area contributed by atoms with Crippen molar-refractivity contribution in [1.82, 2.24) is 4.98 Å². The maximum absolute atomic E-state index is 13.4. The quantitative estimate of drug-likeness (QED) is 0.686. The number of ether oxygens (including phenoxy) is 1. The van der Waals surface area contributed by atoms with E-state index in [1.54, 1.807) is 25.4 Å². The summed E-state index contributed by atoms with van der Waals surface area (Å²) in [6.07, 6.45) is 0.782. The van der Waals surface area contributed by atoms with Crippen molar-refractivity contribution < 1.29 is 17.9 Å². The molecule has 30 heavy (non-hydrogen) atoms. The Morgan fingerprint density at radius 3 is 2.80 bits per heavy atom. The third kappa shape index (κ3) is 4.68. The van der Waals surface area contributed by atoms with Crippen LogP contribution in [-0.4, -0.2) is 37.8 Å². The van der Waals surface area contributed by atoms with Gasteiger partial charge in [0.1, 0.15) is 0 Å². The highest BCUT2D eigenvalue weighted by atomic mass is 19.4. The Labute approximate surface area is 174 Å². The molecule has 2 heterocycles. The van der Waals surface area contributed by atoms with Gasteiger partial charge in [0, 0.05) is 50.2 Å². The average molecular weight is 418 g/mol. The van der Waals surface area contributed by atoms with Crippen molar-refractivity contribution in [2.75, 3.05) is 36.5 Å². The van der Waals surface area contributed by atoms with Crippen molar-refractivity contribution >= 4 is 11.4 Å². The minimum Gasteiger partial charge on any atom is -0.380 e. The molecule has 8 heteroatoms. The number of hydrogen-bond acceptors (Lipinski definition) is 5. The first kappa shape index (κ1) is 21.9. The van der Waals surface area contributed by atoms with Crippen molar-refractivity contribution in [3.63, 3.8) is 0 Å². The number of likely N-dealkylation sites (N-methyl/N-ethyl adjacent to an activating group) is 1. The summed E-state index contributed by atoms with van der Waals surface area (Å²) in [7, 11) is 1.64. The highest BCUT2D eigenvalue weighted by Gasteiger charge is 2.35. The van der Waals surface area contributed by atoms with Gasteiger partial charge >= 0.3 is 6.18 Å². The summed E-state index contributed by atoms with van der Waals surface area (Å²) < 4.78 is 45.6. The van der Waals surface area contributed by atoms with Crippen molar-refractivity contribution in [3.05, 3.63) is 53.3 Å². The van der Waals surface area contributed by atoms with Crippen LogP contribution in [0.25, 0.3) is 0 Å². The predicted octanol–water partition coefficient (Wildman–Crippen LogP) is 4.61. The summed E-state index contributed by atoms with van der Waals surface area (Å²) >= 11 is 0. The number of hydrogen-bond donors (Lipinski definition) is 0. The van der Waals surface area contributed by atoms with Gasteiger partial charge in [-0.2, -0.15) is 18.4 Å². The number of rotatable bonds is 6. The van der Waals surface area contributed by atoms with Gasteiger partial charge in [0.25, 0.3) is 0 Å². The number of piperidine rings is 1. The number of methoxy groups -OCH3 is 1. The fraction of sp³-hybridized carbons (Fsp3) is 0.455. The third-order valence-electron chi connectivity index (χ3n) is 5.47. The van der Waals surface area contributed by atoms with Crippen LogP contribution in [0, 0.1) is 11.3 Å². The molecule has 5 nitrogen and oxygen atoms in total. The fourth-order valence-corrected chi connectivity index (χ4v) is 4.10. The van der Waals surface area contributed by atoms with E-state index < -0.39 is 11.7 Å². The molecule has 1 aliphatic rings. The van der Waals surface area contributed by atoms with E-state index in [2.05, 4.69) is 9.88 Å². The van der Waals surface area contributed by atoms with Gasteiger partial charge in [0.2, 0.25) is 0 Å². The Bertz CT molecular complexity index is 910. The van der Waals surface area contributed by atoms with Gasteiger partial charge in [0.15, 0.2) is 0 Å². The standard InChI is InChI=1S/C22H25F3N4O/c1-3-29(18-7-6-16(12-26)20(11-18)22(23,24)25)19-5-4-10-28(14-19)21-13-27-9-8-17(21)15-30-2/h6-9,11,13,19H,3-5,10,14-15H2,1-2H3/t19-/m1/s1. The van der Waals surface area contributed by atoms with Crippen LogP contribution in [-0.2, 0) is 17.5 Å². The number of aromatic nitrogens is 1. The van der Waals surface area contributed by atoms with Crippen LogP contribution in [0.15, 0.2) is 36.7 Å². The van der Waals surface area contributed by atoms with E-state index >= 15 is 0 Å². The van der Waals surface area contributed by atoms with Crippen LogP contribution in [0.1, 0.15) is 36.5 Å². The third-order valence-corrected chi connectivity index (χ3v) is 5.47. The first-order chi connectivity index (χ1) is 14.4. The zero-order chi connectivity index (χ0) is 21.7. The van der Waals surface area contributed by atoms with Gasteiger partial charge < -0.3 is 14.5 Å². The molecule has 160 valence electrons. The van der Waals surface area contributed by atoms with Gasteiger partial charge in [0.05, 0.1) is 35.7 Å². The van der Waals surface area contributed by atoms with Crippen molar-refractivity contribution in [2.45, 2.75) is 38.6 Å². The Morgan fingerprint density at radius 1 is 1.33 bits per heavy atom. The molecule has 0 amide bonds. The summed E-state index contributed by atoms with van der Waals surface area (Å²) in [4.78, 5) is 8.47. The van der Waals surface area contributed by atoms with Crippen molar-refractivity contribution in [1.29, 1.82) is 5.26 Å². The molecular formula is C22H25F3N4O. The Kier molecular flexibility index (Phi) is 6.83. The largest absolute Gasteiger partial charge is 0.417 e. The van der Waals surface area contributed by atoms with E-state index in [-0.39, 0.29) is 11.6 Å². The topological polar surface area (TPSA) is 52.4 Å². The number of benzene rings is 1. The number of pyridine rings is 1. The number of nitriles is 1. The molecule has 1 aromatic heterocycles. The van der Waals surface area contributed by atoms with E-state index in [9.17, 15) is 13.2 Å². The second-order valence-electron chi connectivity index (χ2n) is 7.30. The summed E-state index contributed by atoms with van der Waals surface area (Å²) in [6.45, 7) is 4.51. The van der Waals surface area contributed by atoms with Crippen LogP contribution in [0.5, 0.6) is 0 Å². The lowest BCUT2D eigenvalue weighted by atomic mass is 10.0. The van der Waals surface area contributed by atoms with Gasteiger partial charge in [-0.25, -0.2) is 0 Å². The maximum Gasteiger partial charge on any atom is 0.417 e. The molecule has 1 aromatic carbocycles. The van der Waals surface area contributed by atoms with E-state index in [4.69, 9.17) is 10.00 Å². The highest BCUT2D eigenvalue weighted by Crippen LogP contribution is 2.36. The number of nitrogens with zero attached hydrogens (tertiary/aromatic N) is 4. The zero-order valence-electron chi connectivity index (χ0n) is 17.1. The van der Waals surface area contributed by atoms with Gasteiger partial charge in [-0.05, 0) is 44.0 Å². The summed E-state index contributed by atoms with van der Waals surface area (Å²) in [5.41, 5.74) is 1.28. The zero-order valence-corrected chi connectivity index (χ0v) is 17.1. The lowest BCUT2D eigenvalue weighted by Crippen LogP contribution is -2.48. The molecule has 3 rings (SSSR count). The summed E-state index contributed by atoms with van der Waals surface area (Å²) in [5, 5.41) is 9.06. The van der Waals surface area contributed by atoms with Crippen molar-refractivity contribution in [3.8, 4) is 6.07 Å². The SMILES string of the molecule is CCN(c1ccc(C#N)c(C(F)(F)F)c1)[C@@H]1CCCN(c2cnccc2COC)C1. The minimum atomic E-state index is -4.57. The molecule has 0 saturated carbocycles. The number of alkyl halides is 3. The number of anilines is 2. The molecule has 0 unspecified atom stereocenters. The smallest absolute Gasteiger partial charge is 0.380 e. The lowest BCUT2D eigenvalue weighted by molar-refractivity contribution is -0.137. The number of halogens is 3. The second kappa shape index (κ2) is 9.35. The molecule has 1 atom stereocenters. The van der Waals surface area contributed by atoms with E-state index in [0.29, 0.717) is 25.4 Å². The molecule has 0 aliphatic carbocycles. The van der Waals surface area contributed by atoms with E-state index in [0.717, 1.165) is 36.7 Å². The monoisotopic (exact) mass is 418 g/mol. The molecule has 1 aliphatic heterocycles. The predicted molar refractivity (Wildman–Crippen MR) is 109 cm³/mol. The first-order valence-electron chi connectivity index (χ1n) is 9.93. The fourth-order valence-electron chi connectivity index (χ4n) is 4.10. The van der Waals surface area contributed by atoms with Gasteiger partial charge in [-0.1, -0.05) is 0 Å². The highest BCUT2D eigenvalue weighted by molar-refractivity contribution is 5.57. The van der Waals surface area contributed by atoms with Crippen LogP contribution in [0.4, 0.5) is 24.5 Å². The van der Waals surface area contributed by atoms with Gasteiger partial charge in [-0.15, -0.1) is 0 Å². The van der Waals surface area contributed by atoms with Gasteiger partial charge in [-0.3, -0.25) is 4.98 Å². The molecule has 0 N–H and O–H groups in total. The van der Waals surface area contributed by atoms with E-state index in [1.807, 2.05) is 24.1 Å². The van der Waals surface area contributed by atoms with Crippen LogP contribution in [0.3, 0.4) is 0 Å². The van der Waals surface area contributed by atoms with Crippen molar-refractivity contribution in [2.24, 2.45) is 0 Å². The maximum atomic E-state index is 13.4. The van der Waals surface area contributed by atoms with E-state index in [1.165, 1.54) is 6.07 Å². The molecule has 1 saturated heterocycles. The Hall–Kier alpha value is -2.79. The minimum absolute atomic E-state index is 0.0494. The van der Waals surface area contributed by atoms with Crippen LogP contribution >= 0.6 is 0 Å². The first-order valence-corrected chi connectivity index (χ1v) is 9.93. The lowest BCUT2D eigenvalue weighted by Gasteiger charge is -2.41. The summed E-state index contributed by atoms with van der Waals surface area (Å²) in [6, 6.07) is 7.59. The normalized spacial score (nSPS) is 16.9. The van der Waals surface area contributed by atoms with Crippen LogP contribution < -0.4 is 9.80 Å².